The highest BCUT2D eigenvalue weighted by molar-refractivity contribution is 14.1. The third-order valence-electron chi connectivity index (χ3n) is 3.27. The molecule has 0 saturated heterocycles. The Morgan fingerprint density at radius 3 is 2.78 bits per heavy atom. The van der Waals surface area contributed by atoms with Crippen LogP contribution in [0.5, 0.6) is 0 Å². The maximum atomic E-state index is 5.97. The largest absolute Gasteiger partial charge is 0.361 e. The first-order valence-corrected chi connectivity index (χ1v) is 10.8. The molecule has 0 aliphatic carbocycles. The number of hydrogen-bond acceptors (Lipinski definition) is 2. The van der Waals surface area contributed by atoms with Gasteiger partial charge in [-0.25, -0.2) is 4.98 Å². The zero-order chi connectivity index (χ0) is 13.3. The van der Waals surface area contributed by atoms with E-state index in [4.69, 9.17) is 4.74 Å². The van der Waals surface area contributed by atoms with Crippen molar-refractivity contribution in [2.24, 2.45) is 0 Å². The molecule has 0 radical (unpaired) electrons. The first-order valence-electron chi connectivity index (χ1n) is 6.10. The van der Waals surface area contributed by atoms with Crippen molar-refractivity contribution in [3.8, 4) is 0 Å². The lowest BCUT2D eigenvalue weighted by molar-refractivity contribution is 0.0589. The first-order chi connectivity index (χ1) is 8.38. The van der Waals surface area contributed by atoms with E-state index in [0.29, 0.717) is 12.5 Å². The van der Waals surface area contributed by atoms with E-state index in [0.717, 1.165) is 11.0 Å². The van der Waals surface area contributed by atoms with Crippen LogP contribution in [-0.2, 0) is 11.5 Å². The van der Waals surface area contributed by atoms with Crippen LogP contribution in [0, 0.1) is 3.57 Å². The summed E-state index contributed by atoms with van der Waals surface area (Å²) in [5.41, 5.74) is 2.52. The van der Waals surface area contributed by atoms with Gasteiger partial charge in [-0.15, -0.1) is 0 Å². The molecule has 1 atom stereocenters. The molecule has 0 aliphatic rings. The van der Waals surface area contributed by atoms with Crippen molar-refractivity contribution in [3.05, 3.63) is 28.1 Å². The van der Waals surface area contributed by atoms with Crippen LogP contribution in [0.2, 0.25) is 19.6 Å². The lowest BCUT2D eigenvalue weighted by Gasteiger charge is -2.25. The Morgan fingerprint density at radius 2 is 2.11 bits per heavy atom. The fraction of sp³-hybridized carbons (Fsp3) is 0.462. The maximum Gasteiger partial charge on any atom is 0.124 e. The average molecular weight is 374 g/mol. The SMILES string of the molecule is CC(OCn1cnc2cc(I)ccc21)[Si](C)(C)C. The Balaban J connectivity index is 2.13. The molecule has 98 valence electrons. The van der Waals surface area contributed by atoms with Crippen molar-refractivity contribution in [2.45, 2.75) is 39.0 Å². The van der Waals surface area contributed by atoms with Gasteiger partial charge in [-0.3, -0.25) is 0 Å². The molecule has 18 heavy (non-hydrogen) atoms. The van der Waals surface area contributed by atoms with Gasteiger partial charge in [0.25, 0.3) is 0 Å². The Labute approximate surface area is 123 Å². The monoisotopic (exact) mass is 374 g/mol. The van der Waals surface area contributed by atoms with E-state index >= 15 is 0 Å². The normalized spacial score (nSPS) is 14.1. The second kappa shape index (κ2) is 5.30. The molecule has 1 aromatic heterocycles. The molecular formula is C13H19IN2OSi. The summed E-state index contributed by atoms with van der Waals surface area (Å²) in [5, 5.41) is 0. The topological polar surface area (TPSA) is 27.1 Å². The molecule has 0 aliphatic heterocycles. The van der Waals surface area contributed by atoms with Crippen molar-refractivity contribution < 1.29 is 4.74 Å². The molecule has 0 amide bonds. The molecule has 3 nitrogen and oxygen atoms in total. The minimum Gasteiger partial charge on any atom is -0.361 e. The van der Waals surface area contributed by atoms with Gasteiger partial charge < -0.3 is 9.30 Å². The number of hydrogen-bond donors (Lipinski definition) is 0. The van der Waals surface area contributed by atoms with Gasteiger partial charge in [0.2, 0.25) is 0 Å². The van der Waals surface area contributed by atoms with Gasteiger partial charge in [-0.05, 0) is 47.7 Å². The van der Waals surface area contributed by atoms with Crippen molar-refractivity contribution in [2.75, 3.05) is 0 Å². The molecule has 2 aromatic rings. The quantitative estimate of drug-likeness (QED) is 0.600. The number of halogens is 1. The van der Waals surface area contributed by atoms with Crippen LogP contribution in [0.15, 0.2) is 24.5 Å². The molecule has 1 unspecified atom stereocenters. The lowest BCUT2D eigenvalue weighted by atomic mass is 10.3. The van der Waals surface area contributed by atoms with Crippen LogP contribution >= 0.6 is 22.6 Å². The number of nitrogens with zero attached hydrogens (tertiary/aromatic N) is 2. The molecule has 2 rings (SSSR count). The first kappa shape index (κ1) is 14.0. The Morgan fingerprint density at radius 1 is 1.39 bits per heavy atom. The summed E-state index contributed by atoms with van der Waals surface area (Å²) in [6.45, 7) is 9.74. The minimum atomic E-state index is -1.23. The second-order valence-electron chi connectivity index (χ2n) is 5.65. The molecule has 0 saturated carbocycles. The summed E-state index contributed by atoms with van der Waals surface area (Å²) in [6, 6.07) is 6.30. The van der Waals surface area contributed by atoms with Crippen LogP contribution in [0.4, 0.5) is 0 Å². The fourth-order valence-corrected chi connectivity index (χ4v) is 2.63. The number of aromatic nitrogens is 2. The van der Waals surface area contributed by atoms with Gasteiger partial charge in [0.05, 0.1) is 25.4 Å². The smallest absolute Gasteiger partial charge is 0.124 e. The third kappa shape index (κ3) is 3.13. The second-order valence-corrected chi connectivity index (χ2v) is 12.4. The Hall–Kier alpha value is -0.403. The molecule has 0 fully saturated rings. The number of ether oxygens (including phenoxy) is 1. The van der Waals surface area contributed by atoms with Crippen LogP contribution in [0.25, 0.3) is 11.0 Å². The summed E-state index contributed by atoms with van der Waals surface area (Å²) in [5.74, 6) is 0. The van der Waals surface area contributed by atoms with Crippen LogP contribution < -0.4 is 0 Å². The summed E-state index contributed by atoms with van der Waals surface area (Å²) >= 11 is 2.30. The van der Waals surface area contributed by atoms with E-state index in [1.165, 1.54) is 3.57 Å². The highest BCUT2D eigenvalue weighted by atomic mass is 127. The Bertz CT molecular complexity index is 547. The lowest BCUT2D eigenvalue weighted by Crippen LogP contribution is -2.38. The number of imidazole rings is 1. The summed E-state index contributed by atoms with van der Waals surface area (Å²) < 4.78 is 9.25. The van der Waals surface area contributed by atoms with Gasteiger partial charge in [-0.2, -0.15) is 0 Å². The van der Waals surface area contributed by atoms with E-state index in [1.54, 1.807) is 0 Å². The standard InChI is InChI=1S/C13H19IN2OSi/c1-10(18(2,3)4)17-9-16-8-15-12-7-11(14)5-6-13(12)16/h5-8,10H,9H2,1-4H3. The van der Waals surface area contributed by atoms with Gasteiger partial charge in [0.15, 0.2) is 0 Å². The average Bonchev–Trinajstić information content (AvgIpc) is 2.66. The summed E-state index contributed by atoms with van der Waals surface area (Å²) in [7, 11) is -1.23. The molecular weight excluding hydrogens is 355 g/mol. The van der Waals surface area contributed by atoms with Crippen molar-refractivity contribution in [1.29, 1.82) is 0 Å². The number of fused-ring (bicyclic) bond motifs is 1. The van der Waals surface area contributed by atoms with E-state index in [2.05, 4.69) is 76.9 Å². The molecule has 1 heterocycles. The van der Waals surface area contributed by atoms with Gasteiger partial charge in [0, 0.05) is 9.30 Å². The molecule has 0 bridgehead atoms. The zero-order valence-corrected chi connectivity index (χ0v) is 14.4. The highest BCUT2D eigenvalue weighted by Crippen LogP contribution is 2.17. The van der Waals surface area contributed by atoms with E-state index in [1.807, 2.05) is 6.33 Å². The van der Waals surface area contributed by atoms with Crippen molar-refractivity contribution in [3.63, 3.8) is 0 Å². The maximum absolute atomic E-state index is 5.97. The number of rotatable bonds is 4. The fourth-order valence-electron chi connectivity index (χ4n) is 1.58. The zero-order valence-electron chi connectivity index (χ0n) is 11.3. The van der Waals surface area contributed by atoms with E-state index in [-0.39, 0.29) is 0 Å². The van der Waals surface area contributed by atoms with Gasteiger partial charge in [0.1, 0.15) is 6.73 Å². The summed E-state index contributed by atoms with van der Waals surface area (Å²) in [4.78, 5) is 4.41. The van der Waals surface area contributed by atoms with Crippen molar-refractivity contribution >= 4 is 41.7 Å². The molecule has 0 spiro atoms. The van der Waals surface area contributed by atoms with Gasteiger partial charge >= 0.3 is 0 Å². The summed E-state index contributed by atoms with van der Waals surface area (Å²) in [6.07, 6.45) is 1.86. The van der Waals surface area contributed by atoms with Crippen LogP contribution in [-0.4, -0.2) is 23.4 Å². The molecule has 0 N–H and O–H groups in total. The van der Waals surface area contributed by atoms with E-state index in [9.17, 15) is 0 Å². The van der Waals surface area contributed by atoms with Crippen LogP contribution in [0.3, 0.4) is 0 Å². The molecule has 5 heteroatoms. The van der Waals surface area contributed by atoms with E-state index < -0.39 is 8.07 Å². The number of benzene rings is 1. The van der Waals surface area contributed by atoms with Crippen molar-refractivity contribution in [1.82, 2.24) is 9.55 Å². The highest BCUT2D eigenvalue weighted by Gasteiger charge is 2.23. The predicted molar refractivity (Wildman–Crippen MR) is 86.3 cm³/mol. The Kier molecular flexibility index (Phi) is 4.13. The third-order valence-corrected chi connectivity index (χ3v) is 6.54. The predicted octanol–water partition coefficient (Wildman–Crippen LogP) is 3.88. The minimum absolute atomic E-state index is 0.346. The van der Waals surface area contributed by atoms with Crippen LogP contribution in [0.1, 0.15) is 6.92 Å². The molecule has 1 aromatic carbocycles. The van der Waals surface area contributed by atoms with Gasteiger partial charge in [-0.1, -0.05) is 19.6 Å².